The van der Waals surface area contributed by atoms with Crippen LogP contribution in [-0.4, -0.2) is 25.0 Å². The summed E-state index contributed by atoms with van der Waals surface area (Å²) in [6, 6.07) is 2.62. The zero-order chi connectivity index (χ0) is 13.0. The Balaban J connectivity index is 2.80. The molecule has 5 nitrogen and oxygen atoms in total. The van der Waals surface area contributed by atoms with Crippen LogP contribution in [0.1, 0.15) is 17.3 Å². The van der Waals surface area contributed by atoms with Gasteiger partial charge in [0.2, 0.25) is 0 Å². The first kappa shape index (κ1) is 13.0. The van der Waals surface area contributed by atoms with Gasteiger partial charge in [0.1, 0.15) is 11.9 Å². The monoisotopic (exact) mass is 240 g/mol. The van der Waals surface area contributed by atoms with E-state index in [1.54, 1.807) is 0 Å². The van der Waals surface area contributed by atoms with Crippen molar-refractivity contribution in [3.8, 4) is 0 Å². The van der Waals surface area contributed by atoms with E-state index in [9.17, 15) is 14.0 Å². The number of ether oxygens (including phenoxy) is 1. The van der Waals surface area contributed by atoms with Crippen molar-refractivity contribution < 1.29 is 18.7 Å². The lowest BCUT2D eigenvalue weighted by Gasteiger charge is -2.12. The lowest BCUT2D eigenvalue weighted by Crippen LogP contribution is -2.39. The molecule has 1 aromatic rings. The van der Waals surface area contributed by atoms with Crippen LogP contribution in [0.2, 0.25) is 0 Å². The highest BCUT2D eigenvalue weighted by Crippen LogP contribution is 2.13. The lowest BCUT2D eigenvalue weighted by molar-refractivity contribution is -0.142. The summed E-state index contributed by atoms with van der Waals surface area (Å²) in [6.45, 7) is 1.48. The molecule has 0 aliphatic heterocycles. The third-order valence-corrected chi connectivity index (χ3v) is 2.16. The SMILES string of the molecule is COC(=O)[C@@H](C)NC(=O)c1ccc(F)cc1N. The summed E-state index contributed by atoms with van der Waals surface area (Å²) >= 11 is 0. The highest BCUT2D eigenvalue weighted by molar-refractivity contribution is 6.00. The highest BCUT2D eigenvalue weighted by atomic mass is 19.1. The van der Waals surface area contributed by atoms with E-state index in [2.05, 4.69) is 10.1 Å². The van der Waals surface area contributed by atoms with E-state index in [0.29, 0.717) is 0 Å². The zero-order valence-electron chi connectivity index (χ0n) is 9.49. The fourth-order valence-corrected chi connectivity index (χ4v) is 1.25. The number of rotatable bonds is 3. The number of anilines is 1. The molecule has 6 heteroatoms. The first-order chi connectivity index (χ1) is 7.95. The maximum atomic E-state index is 12.8. The Morgan fingerprint density at radius 3 is 2.65 bits per heavy atom. The van der Waals surface area contributed by atoms with Gasteiger partial charge in [0.25, 0.3) is 5.91 Å². The van der Waals surface area contributed by atoms with Gasteiger partial charge in [-0.1, -0.05) is 0 Å². The number of methoxy groups -OCH3 is 1. The molecule has 0 heterocycles. The first-order valence-electron chi connectivity index (χ1n) is 4.89. The Morgan fingerprint density at radius 1 is 1.47 bits per heavy atom. The third-order valence-electron chi connectivity index (χ3n) is 2.16. The minimum atomic E-state index is -0.794. The molecule has 0 aliphatic rings. The van der Waals surface area contributed by atoms with Crippen LogP contribution in [-0.2, 0) is 9.53 Å². The van der Waals surface area contributed by atoms with E-state index in [0.717, 1.165) is 12.1 Å². The predicted molar refractivity (Wildman–Crippen MR) is 59.8 cm³/mol. The molecule has 3 N–H and O–H groups in total. The smallest absolute Gasteiger partial charge is 0.328 e. The molecule has 0 aromatic heterocycles. The van der Waals surface area contributed by atoms with Crippen LogP contribution in [0.5, 0.6) is 0 Å². The maximum absolute atomic E-state index is 12.8. The van der Waals surface area contributed by atoms with Gasteiger partial charge in [-0.25, -0.2) is 9.18 Å². The molecule has 1 amide bonds. The number of nitrogens with one attached hydrogen (secondary N) is 1. The summed E-state index contributed by atoms with van der Waals surface area (Å²) in [5.41, 5.74) is 5.62. The minimum Gasteiger partial charge on any atom is -0.467 e. The maximum Gasteiger partial charge on any atom is 0.328 e. The second-order valence-electron chi connectivity index (χ2n) is 3.45. The Hall–Kier alpha value is -2.11. The molecule has 0 fully saturated rings. The number of nitrogen functional groups attached to an aromatic ring is 1. The molecular formula is C11H13FN2O3. The van der Waals surface area contributed by atoms with Gasteiger partial charge in [0.05, 0.1) is 12.7 Å². The van der Waals surface area contributed by atoms with E-state index in [-0.39, 0.29) is 11.3 Å². The van der Waals surface area contributed by atoms with Crippen LogP contribution < -0.4 is 11.1 Å². The average Bonchev–Trinajstić information content (AvgIpc) is 2.27. The molecule has 0 spiro atoms. The van der Waals surface area contributed by atoms with Gasteiger partial charge in [-0.2, -0.15) is 0 Å². The fourth-order valence-electron chi connectivity index (χ4n) is 1.25. The minimum absolute atomic E-state index is 0.0135. The molecule has 92 valence electrons. The molecular weight excluding hydrogens is 227 g/mol. The average molecular weight is 240 g/mol. The number of halogens is 1. The molecule has 0 saturated heterocycles. The van der Waals surface area contributed by atoms with Gasteiger partial charge in [-0.15, -0.1) is 0 Å². The number of hydrogen-bond donors (Lipinski definition) is 2. The molecule has 1 rings (SSSR count). The molecule has 1 atom stereocenters. The quantitative estimate of drug-likeness (QED) is 0.602. The van der Waals surface area contributed by atoms with Crippen LogP contribution in [0, 0.1) is 5.82 Å². The van der Waals surface area contributed by atoms with Crippen molar-refractivity contribution in [2.75, 3.05) is 12.8 Å². The van der Waals surface area contributed by atoms with E-state index in [1.165, 1.54) is 20.1 Å². The Morgan fingerprint density at radius 2 is 2.12 bits per heavy atom. The van der Waals surface area contributed by atoms with Gasteiger partial charge >= 0.3 is 5.97 Å². The fraction of sp³-hybridized carbons (Fsp3) is 0.273. The summed E-state index contributed by atoms with van der Waals surface area (Å²) in [7, 11) is 1.22. The zero-order valence-corrected chi connectivity index (χ0v) is 9.49. The van der Waals surface area contributed by atoms with Gasteiger partial charge in [0, 0.05) is 5.69 Å². The van der Waals surface area contributed by atoms with Crippen molar-refractivity contribution >= 4 is 17.6 Å². The van der Waals surface area contributed by atoms with Crippen LogP contribution in [0.4, 0.5) is 10.1 Å². The van der Waals surface area contributed by atoms with Crippen LogP contribution >= 0.6 is 0 Å². The van der Waals surface area contributed by atoms with E-state index in [1.807, 2.05) is 0 Å². The molecule has 0 bridgehead atoms. The number of nitrogens with two attached hydrogens (primary N) is 1. The van der Waals surface area contributed by atoms with Crippen molar-refractivity contribution in [1.29, 1.82) is 0 Å². The summed E-state index contributed by atoms with van der Waals surface area (Å²) < 4.78 is 17.2. The van der Waals surface area contributed by atoms with Gasteiger partial charge in [-0.3, -0.25) is 4.79 Å². The van der Waals surface area contributed by atoms with Gasteiger partial charge in [0.15, 0.2) is 0 Å². The summed E-state index contributed by atoms with van der Waals surface area (Å²) in [6.07, 6.45) is 0. The summed E-state index contributed by atoms with van der Waals surface area (Å²) in [5, 5.41) is 2.39. The van der Waals surface area contributed by atoms with Crippen LogP contribution in [0.3, 0.4) is 0 Å². The topological polar surface area (TPSA) is 81.4 Å². The molecule has 17 heavy (non-hydrogen) atoms. The van der Waals surface area contributed by atoms with Crippen LogP contribution in [0.15, 0.2) is 18.2 Å². The standard InChI is InChI=1S/C11H13FN2O3/c1-6(11(16)17-2)14-10(15)8-4-3-7(12)5-9(8)13/h3-6H,13H2,1-2H3,(H,14,15)/t6-/m1/s1. The van der Waals surface area contributed by atoms with E-state index >= 15 is 0 Å². The van der Waals surface area contributed by atoms with E-state index in [4.69, 9.17) is 5.73 Å². The predicted octanol–water partition coefficient (Wildman–Crippen LogP) is 0.699. The molecule has 0 aliphatic carbocycles. The number of carbonyl (C=O) groups excluding carboxylic acids is 2. The largest absolute Gasteiger partial charge is 0.467 e. The second-order valence-corrected chi connectivity index (χ2v) is 3.45. The molecule has 0 radical (unpaired) electrons. The summed E-state index contributed by atoms with van der Waals surface area (Å²) in [4.78, 5) is 22.8. The Kier molecular flexibility index (Phi) is 4.03. The van der Waals surface area contributed by atoms with Crippen molar-refractivity contribution in [2.24, 2.45) is 0 Å². The third kappa shape index (κ3) is 3.17. The Bertz CT molecular complexity index is 448. The number of benzene rings is 1. The second kappa shape index (κ2) is 5.29. The van der Waals surface area contributed by atoms with Crippen molar-refractivity contribution in [1.82, 2.24) is 5.32 Å². The first-order valence-corrected chi connectivity index (χ1v) is 4.89. The van der Waals surface area contributed by atoms with Gasteiger partial charge < -0.3 is 15.8 Å². The molecule has 0 unspecified atom stereocenters. The van der Waals surface area contributed by atoms with Crippen molar-refractivity contribution in [3.63, 3.8) is 0 Å². The van der Waals surface area contributed by atoms with Crippen molar-refractivity contribution in [2.45, 2.75) is 13.0 Å². The lowest BCUT2D eigenvalue weighted by atomic mass is 10.1. The number of amides is 1. The Labute approximate surface area is 97.7 Å². The van der Waals surface area contributed by atoms with Crippen LogP contribution in [0.25, 0.3) is 0 Å². The molecule has 0 saturated carbocycles. The number of esters is 1. The molecule has 1 aromatic carbocycles. The van der Waals surface area contributed by atoms with E-state index < -0.39 is 23.7 Å². The van der Waals surface area contributed by atoms with Gasteiger partial charge in [-0.05, 0) is 25.1 Å². The highest BCUT2D eigenvalue weighted by Gasteiger charge is 2.18. The van der Waals surface area contributed by atoms with Crippen molar-refractivity contribution in [3.05, 3.63) is 29.6 Å². The normalized spacial score (nSPS) is 11.7. The number of hydrogen-bond acceptors (Lipinski definition) is 4. The summed E-state index contributed by atoms with van der Waals surface area (Å²) in [5.74, 6) is -1.65. The number of carbonyl (C=O) groups is 2.